The van der Waals surface area contributed by atoms with E-state index in [2.05, 4.69) is 4.98 Å². The summed E-state index contributed by atoms with van der Waals surface area (Å²) in [5, 5.41) is 0. The minimum atomic E-state index is -2.60. The first-order valence-corrected chi connectivity index (χ1v) is 7.42. The Balaban J connectivity index is 1.78. The minimum Gasteiger partial charge on any atom is -0.289 e. The van der Waals surface area contributed by atoms with Crippen molar-refractivity contribution in [3.8, 4) is 0 Å². The van der Waals surface area contributed by atoms with Crippen LogP contribution in [0.5, 0.6) is 0 Å². The molecule has 22 heavy (non-hydrogen) atoms. The van der Waals surface area contributed by atoms with Gasteiger partial charge in [-0.1, -0.05) is 24.6 Å². The van der Waals surface area contributed by atoms with Crippen LogP contribution in [-0.2, 0) is 13.1 Å². The lowest BCUT2D eigenvalue weighted by Gasteiger charge is -2.37. The van der Waals surface area contributed by atoms with Gasteiger partial charge >= 0.3 is 6.55 Å². The van der Waals surface area contributed by atoms with Crippen LogP contribution in [0.4, 0.5) is 13.2 Å². The number of rotatable bonds is 6. The van der Waals surface area contributed by atoms with Gasteiger partial charge in [0.15, 0.2) is 0 Å². The normalized spacial score (nSPS) is 15.5. The molecule has 1 aliphatic carbocycles. The van der Waals surface area contributed by atoms with Crippen molar-refractivity contribution in [1.29, 1.82) is 0 Å². The molecule has 6 heteroatoms. The van der Waals surface area contributed by atoms with Crippen molar-refractivity contribution < 1.29 is 13.2 Å². The molecule has 118 valence electrons. The zero-order chi connectivity index (χ0) is 15.5. The zero-order valence-electron chi connectivity index (χ0n) is 12.1. The molecule has 3 rings (SSSR count). The SMILES string of the molecule is Fc1ccccc1CN(Cc1nccn1C(F)F)C1CCC1. The van der Waals surface area contributed by atoms with E-state index in [9.17, 15) is 13.2 Å². The first kappa shape index (κ1) is 15.1. The molecule has 0 unspecified atom stereocenters. The molecule has 0 atom stereocenters. The van der Waals surface area contributed by atoms with E-state index in [0.717, 1.165) is 23.8 Å². The van der Waals surface area contributed by atoms with Gasteiger partial charge in [0.25, 0.3) is 0 Å². The van der Waals surface area contributed by atoms with E-state index in [1.54, 1.807) is 18.2 Å². The smallest absolute Gasteiger partial charge is 0.289 e. The summed E-state index contributed by atoms with van der Waals surface area (Å²) in [6.45, 7) is -1.89. The molecule has 1 aromatic carbocycles. The zero-order valence-corrected chi connectivity index (χ0v) is 12.1. The van der Waals surface area contributed by atoms with Gasteiger partial charge in [-0.15, -0.1) is 0 Å². The van der Waals surface area contributed by atoms with Gasteiger partial charge in [0.2, 0.25) is 0 Å². The lowest BCUT2D eigenvalue weighted by molar-refractivity contribution is 0.0562. The van der Waals surface area contributed by atoms with Crippen molar-refractivity contribution in [2.24, 2.45) is 0 Å². The quantitative estimate of drug-likeness (QED) is 0.805. The molecule has 0 saturated heterocycles. The van der Waals surface area contributed by atoms with Crippen molar-refractivity contribution in [1.82, 2.24) is 14.5 Å². The highest BCUT2D eigenvalue weighted by molar-refractivity contribution is 5.17. The van der Waals surface area contributed by atoms with Crippen LogP contribution in [0, 0.1) is 5.82 Å². The van der Waals surface area contributed by atoms with Crippen molar-refractivity contribution >= 4 is 0 Å². The van der Waals surface area contributed by atoms with Gasteiger partial charge in [-0.05, 0) is 18.9 Å². The van der Waals surface area contributed by atoms with Gasteiger partial charge in [0.1, 0.15) is 11.6 Å². The Labute approximate surface area is 127 Å². The van der Waals surface area contributed by atoms with Crippen molar-refractivity contribution in [3.63, 3.8) is 0 Å². The molecule has 0 aliphatic heterocycles. The molecule has 1 saturated carbocycles. The fourth-order valence-electron chi connectivity index (χ4n) is 2.74. The van der Waals surface area contributed by atoms with E-state index in [-0.39, 0.29) is 5.82 Å². The molecule has 0 N–H and O–H groups in total. The van der Waals surface area contributed by atoms with Gasteiger partial charge in [-0.2, -0.15) is 8.78 Å². The highest BCUT2D eigenvalue weighted by Crippen LogP contribution is 2.28. The van der Waals surface area contributed by atoms with Gasteiger partial charge in [-0.25, -0.2) is 9.37 Å². The largest absolute Gasteiger partial charge is 0.319 e. The Bertz CT molecular complexity index is 623. The predicted octanol–water partition coefficient (Wildman–Crippen LogP) is 3.97. The number of halogens is 3. The van der Waals surface area contributed by atoms with Crippen LogP contribution >= 0.6 is 0 Å². The number of benzene rings is 1. The Morgan fingerprint density at radius 3 is 2.64 bits per heavy atom. The van der Waals surface area contributed by atoms with Crippen molar-refractivity contribution in [2.75, 3.05) is 0 Å². The van der Waals surface area contributed by atoms with Crippen molar-refractivity contribution in [3.05, 3.63) is 53.9 Å². The lowest BCUT2D eigenvalue weighted by atomic mass is 9.91. The lowest BCUT2D eigenvalue weighted by Crippen LogP contribution is -2.40. The molecule has 0 radical (unpaired) electrons. The summed E-state index contributed by atoms with van der Waals surface area (Å²) in [6, 6.07) is 6.91. The molecular formula is C16H18F3N3. The standard InChI is InChI=1S/C16H18F3N3/c17-14-7-2-1-4-12(14)10-21(13-5-3-6-13)11-15-20-8-9-22(15)16(18)19/h1-2,4,7-9,13,16H,3,5-6,10-11H2. The van der Waals surface area contributed by atoms with E-state index in [1.165, 1.54) is 18.5 Å². The minimum absolute atomic E-state index is 0.260. The number of aromatic nitrogens is 2. The fourth-order valence-corrected chi connectivity index (χ4v) is 2.74. The van der Waals surface area contributed by atoms with E-state index < -0.39 is 6.55 Å². The number of imidazole rings is 1. The number of nitrogens with zero attached hydrogens (tertiary/aromatic N) is 3. The summed E-state index contributed by atoms with van der Waals surface area (Å²) in [7, 11) is 0. The van der Waals surface area contributed by atoms with Gasteiger partial charge in [0.05, 0.1) is 6.54 Å². The summed E-state index contributed by atoms with van der Waals surface area (Å²) in [4.78, 5) is 6.07. The second kappa shape index (κ2) is 6.52. The molecule has 0 bridgehead atoms. The Kier molecular flexibility index (Phi) is 4.47. The van der Waals surface area contributed by atoms with E-state index >= 15 is 0 Å². The maximum absolute atomic E-state index is 13.9. The summed E-state index contributed by atoms with van der Waals surface area (Å²) in [5.41, 5.74) is 0.588. The molecule has 2 aromatic rings. The molecule has 1 aliphatic rings. The van der Waals surface area contributed by atoms with Crippen molar-refractivity contribution in [2.45, 2.75) is 44.9 Å². The van der Waals surface area contributed by atoms with E-state index in [4.69, 9.17) is 0 Å². The third-order valence-corrected chi connectivity index (χ3v) is 4.23. The predicted molar refractivity (Wildman–Crippen MR) is 76.8 cm³/mol. The first-order chi connectivity index (χ1) is 10.6. The second-order valence-electron chi connectivity index (χ2n) is 5.61. The van der Waals surface area contributed by atoms with Gasteiger partial charge in [0, 0.05) is 30.5 Å². The molecule has 1 fully saturated rings. The highest BCUT2D eigenvalue weighted by atomic mass is 19.3. The Morgan fingerprint density at radius 1 is 1.23 bits per heavy atom. The highest BCUT2D eigenvalue weighted by Gasteiger charge is 2.27. The Morgan fingerprint density at radius 2 is 2.00 bits per heavy atom. The summed E-state index contributed by atoms with van der Waals surface area (Å²) in [5.74, 6) is 0.0577. The molecule has 1 heterocycles. The second-order valence-corrected chi connectivity index (χ2v) is 5.61. The monoisotopic (exact) mass is 309 g/mol. The van der Waals surface area contributed by atoms with Crippen LogP contribution < -0.4 is 0 Å². The van der Waals surface area contributed by atoms with Gasteiger partial charge < -0.3 is 0 Å². The van der Waals surface area contributed by atoms with E-state index in [0.29, 0.717) is 30.5 Å². The van der Waals surface area contributed by atoms with Gasteiger partial charge in [-0.3, -0.25) is 9.47 Å². The summed E-state index contributed by atoms with van der Waals surface area (Å²) >= 11 is 0. The fraction of sp³-hybridized carbons (Fsp3) is 0.438. The third kappa shape index (κ3) is 3.16. The van der Waals surface area contributed by atoms with E-state index in [1.807, 2.05) is 4.90 Å². The molecule has 3 nitrogen and oxygen atoms in total. The van der Waals surface area contributed by atoms with Crippen LogP contribution in [-0.4, -0.2) is 20.5 Å². The topological polar surface area (TPSA) is 21.1 Å². The molecular weight excluding hydrogens is 291 g/mol. The maximum atomic E-state index is 13.9. The number of hydrogen-bond acceptors (Lipinski definition) is 2. The van der Waals surface area contributed by atoms with Crippen LogP contribution in [0.2, 0.25) is 0 Å². The summed E-state index contributed by atoms with van der Waals surface area (Å²) in [6.07, 6.45) is 5.82. The number of hydrogen-bond donors (Lipinski definition) is 0. The first-order valence-electron chi connectivity index (χ1n) is 7.42. The average molecular weight is 309 g/mol. The molecule has 1 aromatic heterocycles. The van der Waals surface area contributed by atoms with Crippen LogP contribution in [0.25, 0.3) is 0 Å². The molecule has 0 amide bonds. The van der Waals surface area contributed by atoms with Crippen LogP contribution in [0.3, 0.4) is 0 Å². The number of alkyl halides is 2. The van der Waals surface area contributed by atoms with Crippen LogP contribution in [0.1, 0.15) is 37.2 Å². The summed E-state index contributed by atoms with van der Waals surface area (Å²) < 4.78 is 40.6. The average Bonchev–Trinajstić information content (AvgIpc) is 2.87. The third-order valence-electron chi connectivity index (χ3n) is 4.23. The maximum Gasteiger partial charge on any atom is 0.319 e. The molecule has 0 spiro atoms. The Hall–Kier alpha value is -1.82. The van der Waals surface area contributed by atoms with Crippen LogP contribution in [0.15, 0.2) is 36.7 Å².